The minimum Gasteiger partial charge on any atom is -0.379 e. The number of hydrogen-bond donors (Lipinski definition) is 0. The Bertz CT molecular complexity index is 1050. The van der Waals surface area contributed by atoms with Gasteiger partial charge in [-0.2, -0.15) is 0 Å². The lowest BCUT2D eigenvalue weighted by Crippen LogP contribution is -2.54. The van der Waals surface area contributed by atoms with Crippen molar-refractivity contribution >= 4 is 27.3 Å². The van der Waals surface area contributed by atoms with E-state index < -0.39 is 16.2 Å². The van der Waals surface area contributed by atoms with Crippen LogP contribution in [-0.2, 0) is 19.6 Å². The Labute approximate surface area is 184 Å². The number of carbonyl (C=O) groups is 1. The van der Waals surface area contributed by atoms with E-state index in [2.05, 4.69) is 4.90 Å². The zero-order valence-electron chi connectivity index (χ0n) is 18.2. The average molecular weight is 444 g/mol. The van der Waals surface area contributed by atoms with Crippen molar-refractivity contribution in [2.24, 2.45) is 5.92 Å². The number of sulfonamides is 1. The van der Waals surface area contributed by atoms with Crippen molar-refractivity contribution in [3.63, 3.8) is 0 Å². The van der Waals surface area contributed by atoms with Crippen molar-refractivity contribution in [1.29, 1.82) is 0 Å². The van der Waals surface area contributed by atoms with E-state index in [9.17, 15) is 13.2 Å². The highest BCUT2D eigenvalue weighted by atomic mass is 32.2. The Morgan fingerprint density at radius 3 is 2.26 bits per heavy atom. The van der Waals surface area contributed by atoms with E-state index in [4.69, 9.17) is 4.74 Å². The van der Waals surface area contributed by atoms with Crippen LogP contribution < -0.4 is 9.21 Å². The van der Waals surface area contributed by atoms with Gasteiger partial charge in [0.05, 0.1) is 36.0 Å². The van der Waals surface area contributed by atoms with Gasteiger partial charge in [0.25, 0.3) is 10.0 Å². The molecule has 0 aliphatic carbocycles. The Balaban J connectivity index is 1.75. The number of morpholine rings is 1. The minimum atomic E-state index is -3.86. The fraction of sp³-hybridized carbons (Fsp3) is 0.435. The van der Waals surface area contributed by atoms with E-state index in [0.29, 0.717) is 37.7 Å². The largest absolute Gasteiger partial charge is 0.379 e. The molecule has 2 aromatic rings. The first-order valence-corrected chi connectivity index (χ1v) is 12.1. The maximum Gasteiger partial charge on any atom is 0.266 e. The zero-order chi connectivity index (χ0) is 22.2. The summed E-state index contributed by atoms with van der Waals surface area (Å²) in [5.41, 5.74) is 2.16. The first-order chi connectivity index (χ1) is 14.8. The molecule has 4 rings (SSSR count). The van der Waals surface area contributed by atoms with Crippen LogP contribution in [0.15, 0.2) is 53.4 Å². The lowest BCUT2D eigenvalue weighted by molar-refractivity contribution is -0.121. The molecular formula is C23H29N3O4S. The number of benzene rings is 2. The molecule has 8 heteroatoms. The first-order valence-electron chi connectivity index (χ1n) is 10.6. The number of aryl methyl sites for hydroxylation is 1. The van der Waals surface area contributed by atoms with Crippen molar-refractivity contribution < 1.29 is 17.9 Å². The fourth-order valence-corrected chi connectivity index (χ4v) is 5.96. The molecule has 2 aromatic carbocycles. The summed E-state index contributed by atoms with van der Waals surface area (Å²) in [7, 11) is -3.86. The number of rotatable bonds is 5. The van der Waals surface area contributed by atoms with Gasteiger partial charge in [-0.15, -0.1) is 0 Å². The summed E-state index contributed by atoms with van der Waals surface area (Å²) in [6.07, 6.45) is -0.628. The Hall–Kier alpha value is -2.42. The van der Waals surface area contributed by atoms with Crippen LogP contribution in [0.25, 0.3) is 0 Å². The van der Waals surface area contributed by atoms with Crippen molar-refractivity contribution in [2.75, 3.05) is 42.1 Å². The summed E-state index contributed by atoms with van der Waals surface area (Å²) in [6, 6.07) is 14.1. The predicted molar refractivity (Wildman–Crippen MR) is 121 cm³/mol. The molecule has 1 unspecified atom stereocenters. The molecule has 7 nitrogen and oxygen atoms in total. The Morgan fingerprint density at radius 2 is 1.65 bits per heavy atom. The summed E-state index contributed by atoms with van der Waals surface area (Å²) in [5.74, 6) is -0.212. The molecule has 0 spiro atoms. The highest BCUT2D eigenvalue weighted by Gasteiger charge is 2.47. The second-order valence-corrected chi connectivity index (χ2v) is 10.2. The topological polar surface area (TPSA) is 70.2 Å². The van der Waals surface area contributed by atoms with E-state index >= 15 is 0 Å². The third-order valence-electron chi connectivity index (χ3n) is 5.79. The van der Waals surface area contributed by atoms with E-state index in [-0.39, 0.29) is 23.3 Å². The van der Waals surface area contributed by atoms with E-state index in [1.807, 2.05) is 39.0 Å². The van der Waals surface area contributed by atoms with E-state index in [1.54, 1.807) is 35.2 Å². The van der Waals surface area contributed by atoms with Crippen molar-refractivity contribution in [1.82, 2.24) is 4.90 Å². The van der Waals surface area contributed by atoms with Gasteiger partial charge in [-0.05, 0) is 37.1 Å². The summed E-state index contributed by atoms with van der Waals surface area (Å²) in [5, 5.41) is 0. The molecular weight excluding hydrogens is 414 g/mol. The van der Waals surface area contributed by atoms with Gasteiger partial charge >= 0.3 is 0 Å². The van der Waals surface area contributed by atoms with E-state index in [1.165, 1.54) is 4.31 Å². The molecule has 0 aromatic heterocycles. The summed E-state index contributed by atoms with van der Waals surface area (Å²) in [6.45, 7) is 8.64. The van der Waals surface area contributed by atoms with Crippen LogP contribution in [0.1, 0.15) is 19.4 Å². The number of carbonyl (C=O) groups excluding carboxylic acids is 1. The molecule has 0 N–H and O–H groups in total. The van der Waals surface area contributed by atoms with Crippen LogP contribution in [0.2, 0.25) is 0 Å². The van der Waals surface area contributed by atoms with Crippen LogP contribution >= 0.6 is 0 Å². The minimum absolute atomic E-state index is 0.102. The molecule has 0 bridgehead atoms. The number of para-hydroxylation sites is 2. The molecule has 2 aliphatic heterocycles. The molecule has 2 aliphatic rings. The third kappa shape index (κ3) is 4.07. The molecule has 31 heavy (non-hydrogen) atoms. The third-order valence-corrected chi connectivity index (χ3v) is 7.59. The van der Waals surface area contributed by atoms with Crippen molar-refractivity contribution in [2.45, 2.75) is 31.8 Å². The van der Waals surface area contributed by atoms with E-state index in [0.717, 1.165) is 5.56 Å². The fourth-order valence-electron chi connectivity index (χ4n) is 4.22. The van der Waals surface area contributed by atoms with Gasteiger partial charge in [0.2, 0.25) is 5.91 Å². The lowest BCUT2D eigenvalue weighted by Gasteiger charge is -2.35. The molecule has 166 valence electrons. The molecule has 1 atom stereocenters. The molecule has 0 radical (unpaired) electrons. The highest BCUT2D eigenvalue weighted by molar-refractivity contribution is 7.93. The standard InChI is InChI=1S/C23H29N3O4S/c1-17(2)23-25(22(27)16-24-12-14-30-15-13-24)20-6-4-5-7-21(20)26(23)31(28,29)19-10-8-18(3)9-11-19/h4-11,17,23H,12-16H2,1-3H3. The van der Waals surface area contributed by atoms with Crippen molar-refractivity contribution in [3.8, 4) is 0 Å². The number of hydrogen-bond acceptors (Lipinski definition) is 5. The normalized spacial score (nSPS) is 19.7. The van der Waals surface area contributed by atoms with Crippen LogP contribution in [-0.4, -0.2) is 58.2 Å². The number of nitrogens with zero attached hydrogens (tertiary/aromatic N) is 3. The smallest absolute Gasteiger partial charge is 0.266 e. The SMILES string of the molecule is Cc1ccc(S(=O)(=O)N2c3ccccc3N(C(=O)CN3CCOCC3)C2C(C)C)cc1. The predicted octanol–water partition coefficient (Wildman–Crippen LogP) is 2.85. The van der Waals surface area contributed by atoms with Gasteiger partial charge in [0.1, 0.15) is 6.17 Å². The first kappa shape index (κ1) is 21.8. The van der Waals surface area contributed by atoms with Gasteiger partial charge in [-0.3, -0.25) is 14.6 Å². The zero-order valence-corrected chi connectivity index (χ0v) is 19.0. The van der Waals surface area contributed by atoms with Gasteiger partial charge < -0.3 is 4.74 Å². The molecule has 2 heterocycles. The second-order valence-electron chi connectivity index (χ2n) is 8.41. The number of amides is 1. The molecule has 1 fully saturated rings. The maximum absolute atomic E-state index is 13.7. The quantitative estimate of drug-likeness (QED) is 0.711. The average Bonchev–Trinajstić information content (AvgIpc) is 3.11. The van der Waals surface area contributed by atoms with Crippen molar-refractivity contribution in [3.05, 3.63) is 54.1 Å². The lowest BCUT2D eigenvalue weighted by atomic mass is 10.1. The highest BCUT2D eigenvalue weighted by Crippen LogP contribution is 2.45. The molecule has 1 amide bonds. The Morgan fingerprint density at radius 1 is 1.03 bits per heavy atom. The Kier molecular flexibility index (Phi) is 6.05. The molecule has 0 saturated carbocycles. The molecule has 1 saturated heterocycles. The summed E-state index contributed by atoms with van der Waals surface area (Å²) < 4.78 is 34.3. The second kappa shape index (κ2) is 8.61. The van der Waals surface area contributed by atoms with Gasteiger partial charge in [-0.25, -0.2) is 12.7 Å². The maximum atomic E-state index is 13.7. The van der Waals surface area contributed by atoms with Crippen LogP contribution in [0.5, 0.6) is 0 Å². The van der Waals surface area contributed by atoms with Crippen LogP contribution in [0.4, 0.5) is 11.4 Å². The van der Waals surface area contributed by atoms with Crippen LogP contribution in [0.3, 0.4) is 0 Å². The number of anilines is 2. The van der Waals surface area contributed by atoms with Gasteiger partial charge in [-0.1, -0.05) is 43.7 Å². The van der Waals surface area contributed by atoms with Crippen LogP contribution in [0, 0.1) is 12.8 Å². The summed E-state index contributed by atoms with van der Waals surface area (Å²) in [4.78, 5) is 17.4. The van der Waals surface area contributed by atoms with Gasteiger partial charge in [0, 0.05) is 13.1 Å². The summed E-state index contributed by atoms with van der Waals surface area (Å²) >= 11 is 0. The van der Waals surface area contributed by atoms with Gasteiger partial charge in [0.15, 0.2) is 0 Å². The number of ether oxygens (including phenoxy) is 1. The monoisotopic (exact) mass is 443 g/mol. The number of fused-ring (bicyclic) bond motifs is 1.